The molecule has 0 N–H and O–H groups in total. The number of hydrogen-bond donors (Lipinski definition) is 0. The van der Waals surface area contributed by atoms with Crippen molar-refractivity contribution >= 4 is 17.4 Å². The number of ether oxygens (including phenoxy) is 1. The molecule has 0 radical (unpaired) electrons. The molecule has 0 bridgehead atoms. The smallest absolute Gasteiger partial charge is 0.289 e. The highest BCUT2D eigenvalue weighted by Gasteiger charge is 2.24. The summed E-state index contributed by atoms with van der Waals surface area (Å²) < 4.78 is 10.1. The highest BCUT2D eigenvalue weighted by Crippen LogP contribution is 2.18. The molecule has 1 amide bonds. The van der Waals surface area contributed by atoms with E-state index in [1.807, 2.05) is 12.1 Å². The second-order valence-electron chi connectivity index (χ2n) is 6.06. The maximum Gasteiger partial charge on any atom is 0.289 e. The number of amides is 1. The number of anilines is 1. The molecule has 136 valence electrons. The van der Waals surface area contributed by atoms with Crippen LogP contribution in [0.4, 0.5) is 5.69 Å². The second-order valence-corrected chi connectivity index (χ2v) is 6.06. The SMILES string of the molecule is COc1coc(C(=O)N2CCN(c3ccc(C(C)=O)cc3)CC2)cc1=O. The highest BCUT2D eigenvalue weighted by atomic mass is 16.5. The number of piperazine rings is 1. The van der Waals surface area contributed by atoms with Crippen molar-refractivity contribution in [2.45, 2.75) is 6.92 Å². The molecule has 3 rings (SSSR count). The van der Waals surface area contributed by atoms with E-state index in [0.29, 0.717) is 31.7 Å². The Balaban J connectivity index is 1.64. The van der Waals surface area contributed by atoms with Crippen molar-refractivity contribution < 1.29 is 18.7 Å². The number of hydrogen-bond acceptors (Lipinski definition) is 6. The van der Waals surface area contributed by atoms with Crippen LogP contribution in [0.2, 0.25) is 0 Å². The summed E-state index contributed by atoms with van der Waals surface area (Å²) in [6.07, 6.45) is 1.16. The highest BCUT2D eigenvalue weighted by molar-refractivity contribution is 5.94. The fourth-order valence-electron chi connectivity index (χ4n) is 2.89. The first kappa shape index (κ1) is 17.7. The second kappa shape index (κ2) is 7.43. The van der Waals surface area contributed by atoms with Gasteiger partial charge in [0, 0.05) is 43.5 Å². The molecule has 1 saturated heterocycles. The van der Waals surface area contributed by atoms with Gasteiger partial charge in [0.2, 0.25) is 11.2 Å². The zero-order valence-electron chi connectivity index (χ0n) is 14.7. The maximum absolute atomic E-state index is 12.5. The van der Waals surface area contributed by atoms with Gasteiger partial charge in [-0.1, -0.05) is 0 Å². The molecule has 0 atom stereocenters. The number of benzene rings is 1. The number of methoxy groups -OCH3 is 1. The van der Waals surface area contributed by atoms with Gasteiger partial charge < -0.3 is 19.0 Å². The third kappa shape index (κ3) is 3.61. The molecule has 0 aliphatic carbocycles. The summed E-state index contributed by atoms with van der Waals surface area (Å²) in [7, 11) is 1.37. The Hall–Kier alpha value is -3.09. The van der Waals surface area contributed by atoms with E-state index in [0.717, 1.165) is 18.0 Å². The molecular weight excluding hydrogens is 336 g/mol. The molecule has 0 unspecified atom stereocenters. The first-order valence-corrected chi connectivity index (χ1v) is 8.31. The lowest BCUT2D eigenvalue weighted by Crippen LogP contribution is -2.48. The number of ketones is 1. The van der Waals surface area contributed by atoms with Gasteiger partial charge in [-0.3, -0.25) is 14.4 Å². The Morgan fingerprint density at radius 2 is 1.73 bits per heavy atom. The third-order valence-electron chi connectivity index (χ3n) is 4.43. The average molecular weight is 356 g/mol. The molecule has 7 heteroatoms. The summed E-state index contributed by atoms with van der Waals surface area (Å²) in [5.74, 6) is -0.195. The molecular formula is C19H20N2O5. The molecule has 2 heterocycles. The predicted molar refractivity (Wildman–Crippen MR) is 96.1 cm³/mol. The van der Waals surface area contributed by atoms with Crippen LogP contribution >= 0.6 is 0 Å². The van der Waals surface area contributed by atoms with Gasteiger partial charge in [0.15, 0.2) is 11.5 Å². The summed E-state index contributed by atoms with van der Waals surface area (Å²) >= 11 is 0. The standard InChI is InChI=1S/C19H20N2O5/c1-13(22)14-3-5-15(6-4-14)20-7-9-21(10-8-20)19(24)17-11-16(23)18(25-2)12-26-17/h3-6,11-12H,7-10H2,1-2H3. The van der Waals surface area contributed by atoms with Gasteiger partial charge in [-0.2, -0.15) is 0 Å². The predicted octanol–water partition coefficient (Wildman–Crippen LogP) is 1.81. The molecule has 1 aromatic heterocycles. The van der Waals surface area contributed by atoms with Gasteiger partial charge in [0.1, 0.15) is 6.26 Å². The maximum atomic E-state index is 12.5. The molecule has 1 aromatic carbocycles. The topological polar surface area (TPSA) is 80.1 Å². The number of carbonyl (C=O) groups excluding carboxylic acids is 2. The van der Waals surface area contributed by atoms with Crippen molar-refractivity contribution in [3.8, 4) is 5.75 Å². The lowest BCUT2D eigenvalue weighted by molar-refractivity contribution is 0.0711. The molecule has 1 aliphatic rings. The molecule has 0 saturated carbocycles. The minimum absolute atomic E-state index is 0.00932. The minimum atomic E-state index is -0.383. The van der Waals surface area contributed by atoms with Gasteiger partial charge in [-0.25, -0.2) is 0 Å². The number of Topliss-reactive ketones (excluding diaryl/α,β-unsaturated/α-hetero) is 1. The normalized spacial score (nSPS) is 14.2. The van der Waals surface area contributed by atoms with Gasteiger partial charge in [-0.15, -0.1) is 0 Å². The summed E-state index contributed by atoms with van der Waals surface area (Å²) in [6, 6.07) is 8.60. The molecule has 1 aliphatic heterocycles. The van der Waals surface area contributed by atoms with Crippen molar-refractivity contribution in [2.75, 3.05) is 38.2 Å². The van der Waals surface area contributed by atoms with Crippen LogP contribution in [-0.4, -0.2) is 49.9 Å². The van der Waals surface area contributed by atoms with E-state index >= 15 is 0 Å². The zero-order valence-corrected chi connectivity index (χ0v) is 14.7. The van der Waals surface area contributed by atoms with Gasteiger partial charge in [0.05, 0.1) is 7.11 Å². The van der Waals surface area contributed by atoms with Crippen LogP contribution in [0.25, 0.3) is 0 Å². The molecule has 1 fully saturated rings. The Labute approximate surface area is 150 Å². The Bertz CT molecular complexity index is 864. The van der Waals surface area contributed by atoms with E-state index in [2.05, 4.69) is 4.90 Å². The van der Waals surface area contributed by atoms with Crippen molar-refractivity contribution in [3.05, 3.63) is 58.1 Å². The van der Waals surface area contributed by atoms with E-state index < -0.39 is 0 Å². The Kier molecular flexibility index (Phi) is 5.06. The van der Waals surface area contributed by atoms with Gasteiger partial charge in [0.25, 0.3) is 5.91 Å². The van der Waals surface area contributed by atoms with Crippen LogP contribution in [0.15, 0.2) is 45.8 Å². The van der Waals surface area contributed by atoms with Crippen LogP contribution in [0.3, 0.4) is 0 Å². The quantitative estimate of drug-likeness (QED) is 0.778. The number of rotatable bonds is 4. The van der Waals surface area contributed by atoms with E-state index in [1.165, 1.54) is 14.0 Å². The van der Waals surface area contributed by atoms with Crippen LogP contribution < -0.4 is 15.1 Å². The lowest BCUT2D eigenvalue weighted by Gasteiger charge is -2.35. The van der Waals surface area contributed by atoms with E-state index in [9.17, 15) is 14.4 Å². The first-order chi connectivity index (χ1) is 12.5. The van der Waals surface area contributed by atoms with Crippen molar-refractivity contribution in [3.63, 3.8) is 0 Å². The van der Waals surface area contributed by atoms with Crippen molar-refractivity contribution in [1.29, 1.82) is 0 Å². The molecule has 7 nitrogen and oxygen atoms in total. The summed E-state index contributed by atoms with van der Waals surface area (Å²) in [4.78, 5) is 39.5. The van der Waals surface area contributed by atoms with Crippen LogP contribution in [0.1, 0.15) is 27.8 Å². The van der Waals surface area contributed by atoms with Crippen LogP contribution in [0.5, 0.6) is 5.75 Å². The van der Waals surface area contributed by atoms with E-state index in [-0.39, 0.29) is 28.6 Å². The summed E-state index contributed by atoms with van der Waals surface area (Å²) in [5, 5.41) is 0. The average Bonchev–Trinajstić information content (AvgIpc) is 2.67. The van der Waals surface area contributed by atoms with Crippen molar-refractivity contribution in [2.24, 2.45) is 0 Å². The van der Waals surface area contributed by atoms with E-state index in [4.69, 9.17) is 9.15 Å². The fraction of sp³-hybridized carbons (Fsp3) is 0.316. The lowest BCUT2D eigenvalue weighted by atomic mass is 10.1. The van der Waals surface area contributed by atoms with Gasteiger partial charge in [-0.05, 0) is 31.2 Å². The van der Waals surface area contributed by atoms with Crippen molar-refractivity contribution in [1.82, 2.24) is 4.90 Å². The Morgan fingerprint density at radius 3 is 2.27 bits per heavy atom. The summed E-state index contributed by atoms with van der Waals surface area (Å²) in [6.45, 7) is 3.89. The minimum Gasteiger partial charge on any atom is -0.490 e. The molecule has 0 spiro atoms. The number of nitrogens with zero attached hydrogens (tertiary/aromatic N) is 2. The third-order valence-corrected chi connectivity index (χ3v) is 4.43. The molecule has 2 aromatic rings. The zero-order chi connectivity index (χ0) is 18.7. The fourth-order valence-corrected chi connectivity index (χ4v) is 2.89. The largest absolute Gasteiger partial charge is 0.490 e. The molecule has 26 heavy (non-hydrogen) atoms. The van der Waals surface area contributed by atoms with E-state index in [1.54, 1.807) is 17.0 Å². The van der Waals surface area contributed by atoms with Crippen LogP contribution in [0, 0.1) is 0 Å². The first-order valence-electron chi connectivity index (χ1n) is 8.31. The Morgan fingerprint density at radius 1 is 1.08 bits per heavy atom. The summed E-state index contributed by atoms with van der Waals surface area (Å²) in [5.41, 5.74) is 1.31. The van der Waals surface area contributed by atoms with Crippen LogP contribution in [-0.2, 0) is 0 Å². The van der Waals surface area contributed by atoms with Gasteiger partial charge >= 0.3 is 0 Å². The number of carbonyl (C=O) groups is 2. The monoisotopic (exact) mass is 356 g/mol.